The number of unbranched alkanes of at least 4 members (excludes halogenated alkanes) is 24. The molecule has 0 rings (SSSR count). The molecule has 0 N–H and O–H groups in total. The number of ketones is 1. The molecule has 0 bridgehead atoms. The maximum Gasteiger partial charge on any atom is 0.129 e. The number of allylic oxidation sites excluding steroid dienone is 4. The Hall–Kier alpha value is -0.850. The van der Waals surface area contributed by atoms with Crippen molar-refractivity contribution in [2.75, 3.05) is 0 Å². The summed E-state index contributed by atoms with van der Waals surface area (Å²) < 4.78 is 0. The van der Waals surface area contributed by atoms with E-state index in [1.807, 2.05) is 0 Å². The van der Waals surface area contributed by atoms with Gasteiger partial charge in [0.05, 0.1) is 0 Å². The quantitative estimate of drug-likeness (QED) is 0.0704. The molecule has 36 heavy (non-hydrogen) atoms. The van der Waals surface area contributed by atoms with Crippen LogP contribution in [0.3, 0.4) is 0 Å². The Labute approximate surface area is 228 Å². The van der Waals surface area contributed by atoms with Crippen LogP contribution in [0.2, 0.25) is 0 Å². The SMILES string of the molecule is CCCCCCCCC=CCCCCCCCCCCCCCCCCCCC=CCCCC(C)=O. The highest BCUT2D eigenvalue weighted by Gasteiger charge is 1.95. The summed E-state index contributed by atoms with van der Waals surface area (Å²) in [5, 5.41) is 0. The van der Waals surface area contributed by atoms with E-state index in [9.17, 15) is 4.79 Å². The van der Waals surface area contributed by atoms with E-state index >= 15 is 0 Å². The molecule has 0 unspecified atom stereocenters. The normalized spacial score (nSPS) is 11.8. The lowest BCUT2D eigenvalue weighted by Gasteiger charge is -2.03. The molecule has 0 saturated carbocycles. The maximum atomic E-state index is 10.9. The van der Waals surface area contributed by atoms with Crippen LogP contribution >= 0.6 is 0 Å². The molecule has 0 aromatic rings. The Morgan fingerprint density at radius 3 is 0.917 bits per heavy atom. The van der Waals surface area contributed by atoms with Gasteiger partial charge in [-0.15, -0.1) is 0 Å². The summed E-state index contributed by atoms with van der Waals surface area (Å²) in [7, 11) is 0. The highest BCUT2D eigenvalue weighted by molar-refractivity contribution is 5.75. The summed E-state index contributed by atoms with van der Waals surface area (Å²) in [5.41, 5.74) is 0. The van der Waals surface area contributed by atoms with Crippen LogP contribution in [-0.4, -0.2) is 5.78 Å². The van der Waals surface area contributed by atoms with Crippen molar-refractivity contribution in [1.29, 1.82) is 0 Å². The van der Waals surface area contributed by atoms with Gasteiger partial charge in [-0.3, -0.25) is 0 Å². The molecule has 0 aromatic carbocycles. The second kappa shape index (κ2) is 32.2. The Bertz CT molecular complexity index is 475. The van der Waals surface area contributed by atoms with Crippen molar-refractivity contribution in [2.24, 2.45) is 0 Å². The van der Waals surface area contributed by atoms with Gasteiger partial charge in [-0.05, 0) is 58.3 Å². The van der Waals surface area contributed by atoms with Crippen LogP contribution in [0.15, 0.2) is 24.3 Å². The lowest BCUT2D eigenvalue weighted by molar-refractivity contribution is -0.117. The summed E-state index contributed by atoms with van der Waals surface area (Å²) >= 11 is 0. The minimum absolute atomic E-state index is 0.317. The summed E-state index contributed by atoms with van der Waals surface area (Å²) in [4.78, 5) is 10.9. The van der Waals surface area contributed by atoms with Crippen molar-refractivity contribution >= 4 is 5.78 Å². The molecule has 0 heterocycles. The van der Waals surface area contributed by atoms with Gasteiger partial charge in [-0.2, -0.15) is 0 Å². The van der Waals surface area contributed by atoms with Crippen LogP contribution in [-0.2, 0) is 4.79 Å². The lowest BCUT2D eigenvalue weighted by atomic mass is 10.0. The zero-order chi connectivity index (χ0) is 26.2. The second-order valence-corrected chi connectivity index (χ2v) is 11.3. The first-order valence-electron chi connectivity index (χ1n) is 16.6. The van der Waals surface area contributed by atoms with E-state index < -0.39 is 0 Å². The van der Waals surface area contributed by atoms with Gasteiger partial charge < -0.3 is 4.79 Å². The molecule has 0 aliphatic carbocycles. The molecule has 0 aromatic heterocycles. The van der Waals surface area contributed by atoms with Gasteiger partial charge in [-0.1, -0.05) is 153 Å². The van der Waals surface area contributed by atoms with Crippen LogP contribution < -0.4 is 0 Å². The Balaban J connectivity index is 3.10. The fourth-order valence-electron chi connectivity index (χ4n) is 4.98. The minimum Gasteiger partial charge on any atom is -0.300 e. The number of hydrogen-bond acceptors (Lipinski definition) is 1. The molecule has 0 aliphatic heterocycles. The lowest BCUT2D eigenvalue weighted by Crippen LogP contribution is -1.87. The molecule has 0 atom stereocenters. The van der Waals surface area contributed by atoms with E-state index in [2.05, 4.69) is 31.2 Å². The first-order chi connectivity index (χ1) is 17.8. The van der Waals surface area contributed by atoms with Gasteiger partial charge in [-0.25, -0.2) is 0 Å². The molecule has 0 aliphatic rings. The molecule has 0 fully saturated rings. The molecular formula is C35H66O. The standard InChI is InChI=1S/C35H66O/c1-3-4-5-6-7-8-9-10-11-12-13-14-15-16-17-18-19-20-21-22-23-24-25-26-27-28-29-30-31-32-33-34-35(2)36/h10-11,30-31H,3-9,12-29,32-34H2,1-2H3. The zero-order valence-electron chi connectivity index (χ0n) is 25.0. The summed E-state index contributed by atoms with van der Waals surface area (Å²) in [6, 6.07) is 0. The van der Waals surface area contributed by atoms with Crippen molar-refractivity contribution in [3.05, 3.63) is 24.3 Å². The van der Waals surface area contributed by atoms with Crippen LogP contribution in [0.25, 0.3) is 0 Å². The molecular weight excluding hydrogens is 436 g/mol. The Morgan fingerprint density at radius 1 is 0.389 bits per heavy atom. The van der Waals surface area contributed by atoms with Crippen molar-refractivity contribution in [3.8, 4) is 0 Å². The van der Waals surface area contributed by atoms with Crippen LogP contribution in [0.4, 0.5) is 0 Å². The molecule has 0 radical (unpaired) electrons. The van der Waals surface area contributed by atoms with Crippen molar-refractivity contribution in [2.45, 2.75) is 194 Å². The largest absolute Gasteiger partial charge is 0.300 e. The first-order valence-corrected chi connectivity index (χ1v) is 16.6. The second-order valence-electron chi connectivity index (χ2n) is 11.3. The van der Waals surface area contributed by atoms with Gasteiger partial charge >= 0.3 is 0 Å². The van der Waals surface area contributed by atoms with Crippen LogP contribution in [0.1, 0.15) is 194 Å². The first kappa shape index (κ1) is 35.2. The molecule has 1 heteroatoms. The molecule has 0 spiro atoms. The average Bonchev–Trinajstić information content (AvgIpc) is 2.87. The van der Waals surface area contributed by atoms with E-state index in [0.717, 1.165) is 19.3 Å². The summed E-state index contributed by atoms with van der Waals surface area (Å²) in [6.45, 7) is 3.98. The van der Waals surface area contributed by atoms with Crippen molar-refractivity contribution in [3.63, 3.8) is 0 Å². The number of Topliss-reactive ketones (excluding diaryl/α,β-unsaturated/α-hetero) is 1. The van der Waals surface area contributed by atoms with Crippen molar-refractivity contribution < 1.29 is 4.79 Å². The number of carbonyl (C=O) groups is 1. The van der Waals surface area contributed by atoms with Gasteiger partial charge in [0.15, 0.2) is 0 Å². The van der Waals surface area contributed by atoms with E-state index in [0.29, 0.717) is 5.78 Å². The smallest absolute Gasteiger partial charge is 0.129 e. The minimum atomic E-state index is 0.317. The summed E-state index contributed by atoms with van der Waals surface area (Å²) in [5.74, 6) is 0.317. The summed E-state index contributed by atoms with van der Waals surface area (Å²) in [6.07, 6.45) is 47.5. The molecule has 0 saturated heterocycles. The molecule has 1 nitrogen and oxygen atoms in total. The third-order valence-electron chi connectivity index (χ3n) is 7.45. The number of hydrogen-bond donors (Lipinski definition) is 0. The van der Waals surface area contributed by atoms with E-state index in [1.54, 1.807) is 6.92 Å². The topological polar surface area (TPSA) is 17.1 Å². The van der Waals surface area contributed by atoms with E-state index in [-0.39, 0.29) is 0 Å². The van der Waals surface area contributed by atoms with Gasteiger partial charge in [0, 0.05) is 6.42 Å². The molecule has 212 valence electrons. The number of carbonyl (C=O) groups excluding carboxylic acids is 1. The number of rotatable bonds is 30. The molecule has 0 amide bonds. The Morgan fingerprint density at radius 2 is 0.639 bits per heavy atom. The monoisotopic (exact) mass is 503 g/mol. The van der Waals surface area contributed by atoms with E-state index in [4.69, 9.17) is 0 Å². The predicted octanol–water partition coefficient (Wildman–Crippen LogP) is 12.6. The highest BCUT2D eigenvalue weighted by atomic mass is 16.1. The van der Waals surface area contributed by atoms with Gasteiger partial charge in [0.25, 0.3) is 0 Å². The van der Waals surface area contributed by atoms with E-state index in [1.165, 1.54) is 161 Å². The Kier molecular flexibility index (Phi) is 31.4. The van der Waals surface area contributed by atoms with Gasteiger partial charge in [0.1, 0.15) is 5.78 Å². The maximum absolute atomic E-state index is 10.9. The fraction of sp³-hybridized carbons (Fsp3) is 0.857. The average molecular weight is 503 g/mol. The third kappa shape index (κ3) is 33.1. The van der Waals surface area contributed by atoms with Crippen LogP contribution in [0, 0.1) is 0 Å². The van der Waals surface area contributed by atoms with Gasteiger partial charge in [0.2, 0.25) is 0 Å². The third-order valence-corrected chi connectivity index (χ3v) is 7.45. The van der Waals surface area contributed by atoms with Crippen molar-refractivity contribution in [1.82, 2.24) is 0 Å². The highest BCUT2D eigenvalue weighted by Crippen LogP contribution is 2.15. The van der Waals surface area contributed by atoms with Crippen LogP contribution in [0.5, 0.6) is 0 Å². The fourth-order valence-corrected chi connectivity index (χ4v) is 4.98. The zero-order valence-corrected chi connectivity index (χ0v) is 25.0. The predicted molar refractivity (Wildman–Crippen MR) is 164 cm³/mol.